The molecule has 2 aliphatic rings. The largest absolute Gasteiger partial charge is 0.497 e. The fraction of sp³-hybridized carbons (Fsp3) is 0.450. The van der Waals surface area contributed by atoms with Crippen molar-refractivity contribution in [2.75, 3.05) is 38.4 Å². The minimum absolute atomic E-state index is 0.138. The number of carbonyl (C=O) groups excluding carboxylic acids is 1. The fourth-order valence-electron chi connectivity index (χ4n) is 4.36. The van der Waals surface area contributed by atoms with Crippen molar-refractivity contribution in [1.82, 2.24) is 14.9 Å². The zero-order valence-corrected chi connectivity index (χ0v) is 16.2. The third-order valence-corrected chi connectivity index (χ3v) is 5.77. The molecule has 1 aromatic carbocycles. The third-order valence-electron chi connectivity index (χ3n) is 5.77. The summed E-state index contributed by atoms with van der Waals surface area (Å²) in [6.07, 6.45) is 5.64. The molecular formula is C20H25N5O3. The zero-order chi connectivity index (χ0) is 19.7. The SMILES string of the molecule is COc1ccc(OC)c(NC(=O)N2CCCC3(CCc4cnc(N)nc43)C2)c1. The molecule has 28 heavy (non-hydrogen) atoms. The number of nitrogens with one attached hydrogen (secondary N) is 1. The molecule has 1 spiro atoms. The van der Waals surface area contributed by atoms with Gasteiger partial charge in [0.05, 0.1) is 25.6 Å². The number of aromatic nitrogens is 2. The number of amides is 2. The second-order valence-corrected chi connectivity index (χ2v) is 7.40. The van der Waals surface area contributed by atoms with Crippen molar-refractivity contribution >= 4 is 17.7 Å². The highest BCUT2D eigenvalue weighted by Crippen LogP contribution is 2.44. The number of carbonyl (C=O) groups is 1. The van der Waals surface area contributed by atoms with Gasteiger partial charge in [0, 0.05) is 30.8 Å². The number of fused-ring (bicyclic) bond motifs is 2. The average molecular weight is 383 g/mol. The topological polar surface area (TPSA) is 103 Å². The molecule has 2 heterocycles. The van der Waals surface area contributed by atoms with Crippen LogP contribution in [0.1, 0.15) is 30.5 Å². The zero-order valence-electron chi connectivity index (χ0n) is 16.2. The number of aryl methyl sites for hydroxylation is 1. The summed E-state index contributed by atoms with van der Waals surface area (Å²) >= 11 is 0. The highest BCUT2D eigenvalue weighted by Gasteiger charge is 2.44. The van der Waals surface area contributed by atoms with Crippen LogP contribution in [0.4, 0.5) is 16.4 Å². The van der Waals surface area contributed by atoms with E-state index in [4.69, 9.17) is 15.2 Å². The van der Waals surface area contributed by atoms with E-state index in [-0.39, 0.29) is 11.4 Å². The Hall–Kier alpha value is -3.03. The van der Waals surface area contributed by atoms with Crippen molar-refractivity contribution < 1.29 is 14.3 Å². The maximum absolute atomic E-state index is 13.0. The first-order valence-corrected chi connectivity index (χ1v) is 9.44. The molecule has 4 rings (SSSR count). The van der Waals surface area contributed by atoms with Gasteiger partial charge in [0.2, 0.25) is 5.95 Å². The normalized spacial score (nSPS) is 20.7. The number of ether oxygens (including phenoxy) is 2. The van der Waals surface area contributed by atoms with Crippen LogP contribution in [-0.2, 0) is 11.8 Å². The second-order valence-electron chi connectivity index (χ2n) is 7.40. The number of benzene rings is 1. The Balaban J connectivity index is 1.55. The predicted octanol–water partition coefficient (Wildman–Crippen LogP) is 2.59. The van der Waals surface area contributed by atoms with Crippen molar-refractivity contribution in [1.29, 1.82) is 0 Å². The lowest BCUT2D eigenvalue weighted by Crippen LogP contribution is -2.49. The number of methoxy groups -OCH3 is 2. The number of hydrogen-bond acceptors (Lipinski definition) is 6. The minimum Gasteiger partial charge on any atom is -0.497 e. The van der Waals surface area contributed by atoms with Crippen LogP contribution in [-0.4, -0.2) is 48.2 Å². The molecule has 1 aliphatic heterocycles. The van der Waals surface area contributed by atoms with Gasteiger partial charge in [0.15, 0.2) is 0 Å². The van der Waals surface area contributed by atoms with Gasteiger partial charge in [0.25, 0.3) is 0 Å². The lowest BCUT2D eigenvalue weighted by Gasteiger charge is -2.40. The molecule has 1 fully saturated rings. The Morgan fingerprint density at radius 2 is 2.14 bits per heavy atom. The Labute approximate surface area is 164 Å². The number of hydrogen-bond donors (Lipinski definition) is 2. The average Bonchev–Trinajstić information content (AvgIpc) is 3.05. The van der Waals surface area contributed by atoms with E-state index in [0.29, 0.717) is 36.2 Å². The van der Waals surface area contributed by atoms with Gasteiger partial charge in [-0.1, -0.05) is 0 Å². The molecule has 1 aliphatic carbocycles. The van der Waals surface area contributed by atoms with Crippen LogP contribution in [0.2, 0.25) is 0 Å². The van der Waals surface area contributed by atoms with Gasteiger partial charge in [-0.25, -0.2) is 14.8 Å². The Bertz CT molecular complexity index is 899. The predicted molar refractivity (Wildman–Crippen MR) is 106 cm³/mol. The van der Waals surface area contributed by atoms with Gasteiger partial charge in [-0.2, -0.15) is 0 Å². The third kappa shape index (κ3) is 3.19. The first-order chi connectivity index (χ1) is 13.5. The van der Waals surface area contributed by atoms with E-state index < -0.39 is 0 Å². The number of nitrogens with zero attached hydrogens (tertiary/aromatic N) is 3. The summed E-state index contributed by atoms with van der Waals surface area (Å²) in [5.74, 6) is 1.54. The molecule has 2 aromatic rings. The Morgan fingerprint density at radius 3 is 2.93 bits per heavy atom. The monoisotopic (exact) mass is 383 g/mol. The van der Waals surface area contributed by atoms with E-state index in [9.17, 15) is 4.79 Å². The summed E-state index contributed by atoms with van der Waals surface area (Å²) < 4.78 is 10.6. The smallest absolute Gasteiger partial charge is 0.321 e. The highest BCUT2D eigenvalue weighted by atomic mass is 16.5. The number of likely N-dealkylation sites (tertiary alicyclic amines) is 1. The van der Waals surface area contributed by atoms with Crippen molar-refractivity contribution in [3.8, 4) is 11.5 Å². The van der Waals surface area contributed by atoms with Crippen LogP contribution in [0.15, 0.2) is 24.4 Å². The molecule has 2 amide bonds. The van der Waals surface area contributed by atoms with Gasteiger partial charge in [-0.15, -0.1) is 0 Å². The van der Waals surface area contributed by atoms with E-state index in [1.165, 1.54) is 0 Å². The molecular weight excluding hydrogens is 358 g/mol. The van der Waals surface area contributed by atoms with Crippen LogP contribution in [0, 0.1) is 0 Å². The Kier molecular flexibility index (Phi) is 4.70. The maximum atomic E-state index is 13.0. The van der Waals surface area contributed by atoms with Crippen LogP contribution in [0.25, 0.3) is 0 Å². The molecule has 8 heteroatoms. The summed E-state index contributed by atoms with van der Waals surface area (Å²) in [6, 6.07) is 5.18. The number of piperidine rings is 1. The van der Waals surface area contributed by atoms with Crippen LogP contribution in [0.3, 0.4) is 0 Å². The second kappa shape index (κ2) is 7.18. The number of nitrogen functional groups attached to an aromatic ring is 1. The molecule has 8 nitrogen and oxygen atoms in total. The number of urea groups is 1. The molecule has 0 saturated carbocycles. The van der Waals surface area contributed by atoms with Gasteiger partial charge in [-0.05, 0) is 43.4 Å². The molecule has 1 saturated heterocycles. The number of rotatable bonds is 3. The molecule has 1 aromatic heterocycles. The standard InChI is InChI=1S/C20H25N5O3/c1-27-14-4-5-16(28-2)15(10-14)23-19(26)25-9-3-7-20(12-25)8-6-13-11-22-18(21)24-17(13)20/h4-5,10-11H,3,6-9,12H2,1-2H3,(H,23,26)(H2,21,22,24). The molecule has 0 radical (unpaired) electrons. The van der Waals surface area contributed by atoms with Crippen LogP contribution >= 0.6 is 0 Å². The first-order valence-electron chi connectivity index (χ1n) is 9.44. The fourth-order valence-corrected chi connectivity index (χ4v) is 4.36. The maximum Gasteiger partial charge on any atom is 0.321 e. The summed E-state index contributed by atoms with van der Waals surface area (Å²) in [7, 11) is 3.17. The van der Waals surface area contributed by atoms with E-state index in [0.717, 1.165) is 36.9 Å². The lowest BCUT2D eigenvalue weighted by molar-refractivity contribution is 0.157. The van der Waals surface area contributed by atoms with Crippen LogP contribution < -0.4 is 20.5 Å². The lowest BCUT2D eigenvalue weighted by atomic mass is 9.77. The van der Waals surface area contributed by atoms with Crippen molar-refractivity contribution in [2.24, 2.45) is 0 Å². The minimum atomic E-state index is -0.152. The highest BCUT2D eigenvalue weighted by molar-refractivity contribution is 5.91. The van der Waals surface area contributed by atoms with Crippen molar-refractivity contribution in [2.45, 2.75) is 31.1 Å². The van der Waals surface area contributed by atoms with E-state index in [2.05, 4.69) is 15.3 Å². The van der Waals surface area contributed by atoms with E-state index in [1.54, 1.807) is 32.4 Å². The summed E-state index contributed by atoms with van der Waals surface area (Å²) in [4.78, 5) is 23.5. The molecule has 1 atom stereocenters. The van der Waals surface area contributed by atoms with Crippen LogP contribution in [0.5, 0.6) is 11.5 Å². The molecule has 1 unspecified atom stereocenters. The summed E-state index contributed by atoms with van der Waals surface area (Å²) in [5.41, 5.74) is 8.44. The van der Waals surface area contributed by atoms with Gasteiger partial charge >= 0.3 is 6.03 Å². The molecule has 3 N–H and O–H groups in total. The van der Waals surface area contributed by atoms with Gasteiger partial charge in [-0.3, -0.25) is 0 Å². The number of nitrogens with two attached hydrogens (primary N) is 1. The van der Waals surface area contributed by atoms with E-state index >= 15 is 0 Å². The molecule has 0 bridgehead atoms. The Morgan fingerprint density at radius 1 is 1.29 bits per heavy atom. The van der Waals surface area contributed by atoms with E-state index in [1.807, 2.05) is 11.1 Å². The van der Waals surface area contributed by atoms with Gasteiger partial charge < -0.3 is 25.4 Å². The summed E-state index contributed by atoms with van der Waals surface area (Å²) in [5, 5.41) is 2.97. The molecule has 148 valence electrons. The summed E-state index contributed by atoms with van der Waals surface area (Å²) in [6.45, 7) is 1.32. The van der Waals surface area contributed by atoms with Gasteiger partial charge in [0.1, 0.15) is 11.5 Å². The number of anilines is 2. The first kappa shape index (κ1) is 18.3. The quantitative estimate of drug-likeness (QED) is 0.845. The van der Waals surface area contributed by atoms with Crippen molar-refractivity contribution in [3.05, 3.63) is 35.7 Å². The van der Waals surface area contributed by atoms with Crippen molar-refractivity contribution in [3.63, 3.8) is 0 Å².